The van der Waals surface area contributed by atoms with Crippen LogP contribution in [-0.2, 0) is 6.18 Å². The first kappa shape index (κ1) is 12.3. The minimum absolute atomic E-state index is 0.0520. The Morgan fingerprint density at radius 1 is 1.33 bits per heavy atom. The van der Waals surface area contributed by atoms with E-state index in [0.29, 0.717) is 11.0 Å². The van der Waals surface area contributed by atoms with Crippen molar-refractivity contribution in [2.24, 2.45) is 5.73 Å². The lowest BCUT2D eigenvalue weighted by atomic mass is 10.1. The highest BCUT2D eigenvalue weighted by atomic mass is 79.9. The van der Waals surface area contributed by atoms with Crippen molar-refractivity contribution in [2.45, 2.75) is 6.18 Å². The van der Waals surface area contributed by atoms with E-state index in [1.165, 1.54) is 6.07 Å². The third-order valence-electron chi connectivity index (χ3n) is 1.75. The number of hydrogen-bond acceptors (Lipinski definition) is 2. The van der Waals surface area contributed by atoms with Crippen molar-refractivity contribution in [3.05, 3.63) is 28.2 Å². The molecule has 0 atom stereocenters. The quantitative estimate of drug-likeness (QED) is 0.895. The number of halogens is 4. The number of nitrogens with one attached hydrogen (secondary N) is 1. The molecule has 0 radical (unpaired) electrons. The maximum absolute atomic E-state index is 12.6. The molecule has 0 aliphatic carbocycles. The van der Waals surface area contributed by atoms with E-state index >= 15 is 0 Å². The molecule has 0 heterocycles. The number of anilines is 1. The number of rotatable bonds is 3. The zero-order valence-electron chi connectivity index (χ0n) is 7.74. The van der Waals surface area contributed by atoms with Gasteiger partial charge in [0.05, 0.1) is 5.56 Å². The lowest BCUT2D eigenvalue weighted by Crippen LogP contribution is -2.16. The van der Waals surface area contributed by atoms with Gasteiger partial charge in [-0.25, -0.2) is 0 Å². The fourth-order valence-corrected chi connectivity index (χ4v) is 1.47. The predicted molar refractivity (Wildman–Crippen MR) is 56.7 cm³/mol. The number of hydrogen-bond donors (Lipinski definition) is 2. The van der Waals surface area contributed by atoms with E-state index in [-0.39, 0.29) is 12.2 Å². The van der Waals surface area contributed by atoms with Crippen LogP contribution in [0.25, 0.3) is 0 Å². The number of benzene rings is 1. The molecular weight excluding hydrogens is 273 g/mol. The molecule has 0 bridgehead atoms. The van der Waals surface area contributed by atoms with Crippen LogP contribution < -0.4 is 11.1 Å². The molecule has 1 aromatic carbocycles. The fraction of sp³-hybridized carbons (Fsp3) is 0.333. The maximum atomic E-state index is 12.6. The number of nitrogens with two attached hydrogens (primary N) is 1. The first-order valence-electron chi connectivity index (χ1n) is 4.26. The van der Waals surface area contributed by atoms with Crippen LogP contribution in [0, 0.1) is 0 Å². The SMILES string of the molecule is NCCNc1ccc(Br)cc1C(F)(F)F. The van der Waals surface area contributed by atoms with Gasteiger partial charge in [0.2, 0.25) is 0 Å². The summed E-state index contributed by atoms with van der Waals surface area (Å²) in [6.45, 7) is 0.595. The standard InChI is InChI=1S/C9H10BrF3N2/c10-6-1-2-8(15-4-3-14)7(5-6)9(11,12)13/h1-2,5,15H,3-4,14H2. The second kappa shape index (κ2) is 4.85. The molecule has 0 aliphatic heterocycles. The second-order valence-electron chi connectivity index (χ2n) is 2.90. The summed E-state index contributed by atoms with van der Waals surface area (Å²) in [5.41, 5.74) is 4.57. The average molecular weight is 283 g/mol. The molecule has 0 saturated heterocycles. The van der Waals surface area contributed by atoms with Crippen LogP contribution in [0.3, 0.4) is 0 Å². The van der Waals surface area contributed by atoms with Gasteiger partial charge < -0.3 is 11.1 Å². The van der Waals surface area contributed by atoms with Gasteiger partial charge in [-0.1, -0.05) is 15.9 Å². The first-order valence-corrected chi connectivity index (χ1v) is 5.05. The third kappa shape index (κ3) is 3.39. The molecule has 1 aromatic rings. The van der Waals surface area contributed by atoms with Gasteiger partial charge in [0, 0.05) is 23.2 Å². The van der Waals surface area contributed by atoms with Crippen LogP contribution in [0.2, 0.25) is 0 Å². The van der Waals surface area contributed by atoms with Gasteiger partial charge in [-0.15, -0.1) is 0 Å². The highest BCUT2D eigenvalue weighted by molar-refractivity contribution is 9.10. The molecule has 15 heavy (non-hydrogen) atoms. The van der Waals surface area contributed by atoms with Crippen molar-refractivity contribution >= 4 is 21.6 Å². The molecule has 1 rings (SSSR count). The molecule has 0 unspecified atom stereocenters. The summed E-state index contributed by atoms with van der Waals surface area (Å²) in [7, 11) is 0. The monoisotopic (exact) mass is 282 g/mol. The minimum atomic E-state index is -4.36. The van der Waals surface area contributed by atoms with Gasteiger partial charge in [-0.2, -0.15) is 13.2 Å². The Balaban J connectivity index is 3.04. The summed E-state index contributed by atoms with van der Waals surface area (Å²) in [6.07, 6.45) is -4.36. The second-order valence-corrected chi connectivity index (χ2v) is 3.82. The first-order chi connectivity index (χ1) is 6.95. The van der Waals surface area contributed by atoms with Gasteiger partial charge in [0.15, 0.2) is 0 Å². The molecule has 0 aromatic heterocycles. The van der Waals surface area contributed by atoms with Gasteiger partial charge >= 0.3 is 6.18 Å². The van der Waals surface area contributed by atoms with E-state index in [9.17, 15) is 13.2 Å². The maximum Gasteiger partial charge on any atom is 0.418 e. The predicted octanol–water partition coefficient (Wildman–Crippen LogP) is 2.84. The Morgan fingerprint density at radius 2 is 2.00 bits per heavy atom. The molecular formula is C9H10BrF3N2. The van der Waals surface area contributed by atoms with Crippen LogP contribution in [0.5, 0.6) is 0 Å². The summed E-state index contributed by atoms with van der Waals surface area (Å²) in [5.74, 6) is 0. The summed E-state index contributed by atoms with van der Waals surface area (Å²) in [6, 6.07) is 3.97. The van der Waals surface area contributed by atoms with Gasteiger partial charge in [-0.3, -0.25) is 0 Å². The zero-order valence-corrected chi connectivity index (χ0v) is 9.32. The molecule has 0 fully saturated rings. The van der Waals surface area contributed by atoms with Crippen LogP contribution >= 0.6 is 15.9 Å². The van der Waals surface area contributed by atoms with E-state index in [4.69, 9.17) is 5.73 Å². The Morgan fingerprint density at radius 3 is 2.53 bits per heavy atom. The Labute approximate surface area is 93.8 Å². The van der Waals surface area contributed by atoms with Crippen LogP contribution in [0.4, 0.5) is 18.9 Å². The Hall–Kier alpha value is -0.750. The van der Waals surface area contributed by atoms with Gasteiger partial charge in [0.25, 0.3) is 0 Å². The van der Waals surface area contributed by atoms with Crippen molar-refractivity contribution in [1.82, 2.24) is 0 Å². The van der Waals surface area contributed by atoms with E-state index in [0.717, 1.165) is 6.07 Å². The van der Waals surface area contributed by atoms with Crippen LogP contribution in [0.1, 0.15) is 5.56 Å². The molecule has 84 valence electrons. The third-order valence-corrected chi connectivity index (χ3v) is 2.24. The minimum Gasteiger partial charge on any atom is -0.383 e. The molecule has 0 spiro atoms. The van der Waals surface area contributed by atoms with E-state index in [2.05, 4.69) is 21.2 Å². The average Bonchev–Trinajstić information content (AvgIpc) is 2.14. The van der Waals surface area contributed by atoms with Crippen molar-refractivity contribution < 1.29 is 13.2 Å². The number of alkyl halides is 3. The topological polar surface area (TPSA) is 38.0 Å². The van der Waals surface area contributed by atoms with Gasteiger partial charge in [-0.05, 0) is 18.2 Å². The summed E-state index contributed by atoms with van der Waals surface area (Å²) < 4.78 is 38.1. The van der Waals surface area contributed by atoms with E-state index in [1.54, 1.807) is 6.07 Å². The smallest absolute Gasteiger partial charge is 0.383 e. The summed E-state index contributed by atoms with van der Waals surface area (Å²) >= 11 is 3.00. The largest absolute Gasteiger partial charge is 0.418 e. The van der Waals surface area contributed by atoms with Gasteiger partial charge in [0.1, 0.15) is 0 Å². The Kier molecular flexibility index (Phi) is 3.98. The van der Waals surface area contributed by atoms with Crippen molar-refractivity contribution in [2.75, 3.05) is 18.4 Å². The van der Waals surface area contributed by atoms with Crippen LogP contribution in [-0.4, -0.2) is 13.1 Å². The lowest BCUT2D eigenvalue weighted by molar-refractivity contribution is -0.137. The van der Waals surface area contributed by atoms with E-state index < -0.39 is 11.7 Å². The molecule has 6 heteroatoms. The molecule has 3 N–H and O–H groups in total. The highest BCUT2D eigenvalue weighted by Gasteiger charge is 2.33. The lowest BCUT2D eigenvalue weighted by Gasteiger charge is -2.14. The van der Waals surface area contributed by atoms with Crippen LogP contribution in [0.15, 0.2) is 22.7 Å². The van der Waals surface area contributed by atoms with Crippen molar-refractivity contribution in [1.29, 1.82) is 0 Å². The fourth-order valence-electron chi connectivity index (χ4n) is 1.11. The van der Waals surface area contributed by atoms with Crippen molar-refractivity contribution in [3.63, 3.8) is 0 Å². The normalized spacial score (nSPS) is 11.5. The van der Waals surface area contributed by atoms with Crippen molar-refractivity contribution in [3.8, 4) is 0 Å². The zero-order chi connectivity index (χ0) is 11.5. The molecule has 2 nitrogen and oxygen atoms in total. The molecule has 0 saturated carbocycles. The molecule has 0 aliphatic rings. The summed E-state index contributed by atoms with van der Waals surface area (Å²) in [5, 5.41) is 2.63. The highest BCUT2D eigenvalue weighted by Crippen LogP contribution is 2.36. The Bertz CT molecular complexity index is 339. The summed E-state index contributed by atoms with van der Waals surface area (Å²) in [4.78, 5) is 0. The molecule has 0 amide bonds. The van der Waals surface area contributed by atoms with E-state index in [1.807, 2.05) is 0 Å².